The number of hydrogen-bond acceptors (Lipinski definition) is 0. The molecule has 1 heteroatoms. The third-order valence-electron chi connectivity index (χ3n) is 1.66. The van der Waals surface area contributed by atoms with Crippen molar-refractivity contribution in [1.29, 1.82) is 0 Å². The minimum Gasteiger partial charge on any atom is -0.346 e. The first-order valence-corrected chi connectivity index (χ1v) is 5.57. The average Bonchev–Trinajstić information content (AvgIpc) is 2.98. The van der Waals surface area contributed by atoms with Crippen LogP contribution < -0.4 is 0 Å². The van der Waals surface area contributed by atoms with Gasteiger partial charge in [0.1, 0.15) is 0 Å². The van der Waals surface area contributed by atoms with Gasteiger partial charge in [-0.15, -0.1) is 0 Å². The zero-order chi connectivity index (χ0) is 12.8. The number of hydrogen-bond donors (Lipinski definition) is 0. The molecule has 2 rings (SSSR count). The van der Waals surface area contributed by atoms with E-state index in [1.54, 1.807) is 13.8 Å². The predicted octanol–water partition coefficient (Wildman–Crippen LogP) is 5.11. The van der Waals surface area contributed by atoms with Crippen molar-refractivity contribution in [3.63, 3.8) is 0 Å². The summed E-state index contributed by atoms with van der Waals surface area (Å²) in [5.74, 6) is 0. The quantitative estimate of drug-likeness (QED) is 0.458. The van der Waals surface area contributed by atoms with E-state index in [4.69, 9.17) is 0 Å². The van der Waals surface area contributed by atoms with Crippen molar-refractivity contribution < 1.29 is 21.7 Å². The van der Waals surface area contributed by atoms with Crippen molar-refractivity contribution >= 4 is 0 Å². The van der Waals surface area contributed by atoms with Gasteiger partial charge < -0.3 is 13.8 Å². The third-order valence-corrected chi connectivity index (χ3v) is 1.66. The van der Waals surface area contributed by atoms with E-state index in [1.807, 2.05) is 24.3 Å². The largest absolute Gasteiger partial charge is 4.00 e. The molecule has 0 aliphatic heterocycles. The minimum atomic E-state index is 0. The second-order valence-electron chi connectivity index (χ2n) is 2.92. The van der Waals surface area contributed by atoms with Gasteiger partial charge in [0, 0.05) is 0 Å². The van der Waals surface area contributed by atoms with Crippen molar-refractivity contribution in [3.8, 4) is 0 Å². The van der Waals surface area contributed by atoms with Crippen LogP contribution in [0.5, 0.6) is 0 Å². The Bertz CT molecular complexity index is 245. The van der Waals surface area contributed by atoms with Crippen LogP contribution in [0.1, 0.15) is 25.0 Å². The Morgan fingerprint density at radius 1 is 0.588 bits per heavy atom. The Balaban J connectivity index is -0.000000171. The summed E-state index contributed by atoms with van der Waals surface area (Å²) in [6.07, 6.45) is 0. The average molecular weight is 264 g/mol. The van der Waals surface area contributed by atoms with Gasteiger partial charge in [0.2, 0.25) is 0 Å². The minimum absolute atomic E-state index is 0. The van der Waals surface area contributed by atoms with Crippen LogP contribution in [-0.4, -0.2) is 0 Å². The molecule has 17 heavy (non-hydrogen) atoms. The standard InChI is InChI=1S/2C6H7.2C2H5.Ti/c2*1-6-4-2-3-5-6;2*1-2;/h2*2-5H,1H3;2*1H2,2H3;/q4*-1;+4. The molecule has 0 nitrogen and oxygen atoms in total. The molecule has 0 aromatic heterocycles. The van der Waals surface area contributed by atoms with E-state index < -0.39 is 0 Å². The van der Waals surface area contributed by atoms with Crippen molar-refractivity contribution in [1.82, 2.24) is 0 Å². The predicted molar refractivity (Wildman–Crippen MR) is 75.6 cm³/mol. The molecule has 0 unspecified atom stereocenters. The molecule has 0 bridgehead atoms. The van der Waals surface area contributed by atoms with E-state index in [0.717, 1.165) is 0 Å². The van der Waals surface area contributed by atoms with E-state index in [1.165, 1.54) is 11.1 Å². The first-order chi connectivity index (χ1) is 7.79. The van der Waals surface area contributed by atoms with E-state index in [2.05, 4.69) is 52.0 Å². The van der Waals surface area contributed by atoms with Crippen LogP contribution in [0.3, 0.4) is 0 Å². The molecular formula is C16H24Ti. The van der Waals surface area contributed by atoms with Crippen LogP contribution >= 0.6 is 0 Å². The summed E-state index contributed by atoms with van der Waals surface area (Å²) in [7, 11) is 0. The Labute approximate surface area is 123 Å². The molecule has 2 aromatic carbocycles. The molecular weight excluding hydrogens is 240 g/mol. The van der Waals surface area contributed by atoms with E-state index in [9.17, 15) is 0 Å². The molecule has 0 spiro atoms. The topological polar surface area (TPSA) is 0 Å². The van der Waals surface area contributed by atoms with Gasteiger partial charge in [-0.3, -0.25) is 0 Å². The first kappa shape index (κ1) is 21.7. The van der Waals surface area contributed by atoms with Crippen LogP contribution in [-0.2, 0) is 21.7 Å². The Kier molecular flexibility index (Phi) is 22.7. The maximum absolute atomic E-state index is 3.25. The fourth-order valence-corrected chi connectivity index (χ4v) is 0.940. The van der Waals surface area contributed by atoms with Gasteiger partial charge in [-0.2, -0.15) is 49.2 Å². The smallest absolute Gasteiger partial charge is 0.346 e. The fraction of sp³-hybridized carbons (Fsp3) is 0.250. The summed E-state index contributed by atoms with van der Waals surface area (Å²) >= 11 is 0. The Morgan fingerprint density at radius 3 is 0.824 bits per heavy atom. The molecule has 0 heterocycles. The molecule has 0 radical (unpaired) electrons. The molecule has 0 aliphatic rings. The molecule has 0 saturated carbocycles. The van der Waals surface area contributed by atoms with Gasteiger partial charge >= 0.3 is 21.7 Å². The normalized spacial score (nSPS) is 6.94. The monoisotopic (exact) mass is 264 g/mol. The zero-order valence-electron chi connectivity index (χ0n) is 11.5. The fourth-order valence-electron chi connectivity index (χ4n) is 0.940. The van der Waals surface area contributed by atoms with Crippen molar-refractivity contribution in [2.75, 3.05) is 0 Å². The third kappa shape index (κ3) is 15.4. The molecule has 2 aromatic rings. The molecule has 0 fully saturated rings. The summed E-state index contributed by atoms with van der Waals surface area (Å²) in [4.78, 5) is 0. The van der Waals surface area contributed by atoms with Gasteiger partial charge in [0.05, 0.1) is 0 Å². The van der Waals surface area contributed by atoms with Gasteiger partial charge in [-0.05, 0) is 0 Å². The van der Waals surface area contributed by atoms with Crippen molar-refractivity contribution in [2.45, 2.75) is 27.7 Å². The summed E-state index contributed by atoms with van der Waals surface area (Å²) < 4.78 is 0. The number of aryl methyl sites for hydroxylation is 2. The maximum Gasteiger partial charge on any atom is 4.00 e. The Morgan fingerprint density at radius 2 is 0.765 bits per heavy atom. The maximum atomic E-state index is 3.25. The van der Waals surface area contributed by atoms with E-state index in [-0.39, 0.29) is 21.7 Å². The van der Waals surface area contributed by atoms with Crippen LogP contribution in [0.2, 0.25) is 0 Å². The Hall–Kier alpha value is -0.586. The van der Waals surface area contributed by atoms with Gasteiger partial charge in [0.25, 0.3) is 0 Å². The van der Waals surface area contributed by atoms with Crippen LogP contribution in [0.25, 0.3) is 0 Å². The number of rotatable bonds is 0. The second kappa shape index (κ2) is 17.8. The molecule has 0 aliphatic carbocycles. The van der Waals surface area contributed by atoms with E-state index in [0.29, 0.717) is 0 Å². The summed E-state index contributed by atoms with van der Waals surface area (Å²) in [5, 5.41) is 0. The van der Waals surface area contributed by atoms with Crippen molar-refractivity contribution in [3.05, 3.63) is 73.5 Å². The van der Waals surface area contributed by atoms with Gasteiger partial charge in [-0.1, -0.05) is 13.8 Å². The second-order valence-corrected chi connectivity index (χ2v) is 2.92. The molecule has 0 saturated heterocycles. The summed E-state index contributed by atoms with van der Waals surface area (Å²) in [6.45, 7) is 14.2. The zero-order valence-corrected chi connectivity index (χ0v) is 13.1. The van der Waals surface area contributed by atoms with Gasteiger partial charge in [0.15, 0.2) is 0 Å². The molecule has 0 amide bonds. The first-order valence-electron chi connectivity index (χ1n) is 5.57. The molecule has 0 atom stereocenters. The summed E-state index contributed by atoms with van der Waals surface area (Å²) in [5.41, 5.74) is 2.69. The molecule has 92 valence electrons. The molecule has 0 N–H and O–H groups in total. The SMILES string of the molecule is C[c-]1cccc1.C[c-]1cccc1.[CH2-]C.[CH2-]C.[Ti+4]. The van der Waals surface area contributed by atoms with Gasteiger partial charge in [-0.25, -0.2) is 24.3 Å². The van der Waals surface area contributed by atoms with Crippen LogP contribution in [0.4, 0.5) is 0 Å². The summed E-state index contributed by atoms with van der Waals surface area (Å²) in [6, 6.07) is 16.5. The van der Waals surface area contributed by atoms with Crippen LogP contribution in [0.15, 0.2) is 48.5 Å². The van der Waals surface area contributed by atoms with E-state index >= 15 is 0 Å². The van der Waals surface area contributed by atoms with Crippen molar-refractivity contribution in [2.24, 2.45) is 0 Å². The van der Waals surface area contributed by atoms with Crippen LogP contribution in [0, 0.1) is 27.7 Å².